The van der Waals surface area contributed by atoms with Crippen molar-refractivity contribution in [2.45, 2.75) is 32.1 Å². The fourth-order valence-corrected chi connectivity index (χ4v) is 3.50. The van der Waals surface area contributed by atoms with Crippen LogP contribution < -0.4 is 20.1 Å². The van der Waals surface area contributed by atoms with Gasteiger partial charge in [0.2, 0.25) is 0 Å². The fourth-order valence-electron chi connectivity index (χ4n) is 3.50. The molecule has 5 nitrogen and oxygen atoms in total. The average Bonchev–Trinajstić information content (AvgIpc) is 3.32. The molecule has 0 atom stereocenters. The van der Waals surface area contributed by atoms with Gasteiger partial charge in [-0.05, 0) is 56.8 Å². The van der Waals surface area contributed by atoms with E-state index in [0.717, 1.165) is 35.2 Å². The van der Waals surface area contributed by atoms with Crippen molar-refractivity contribution in [2.24, 2.45) is 0 Å². The van der Waals surface area contributed by atoms with Gasteiger partial charge >= 0.3 is 0 Å². The number of rotatable bonds is 3. The normalized spacial score (nSPS) is 15.6. The summed E-state index contributed by atoms with van der Waals surface area (Å²) in [6.07, 6.45) is 6.12. The van der Waals surface area contributed by atoms with Gasteiger partial charge in [-0.15, -0.1) is 0 Å². The molecule has 0 bridgehead atoms. The van der Waals surface area contributed by atoms with Crippen molar-refractivity contribution in [3.8, 4) is 11.5 Å². The summed E-state index contributed by atoms with van der Waals surface area (Å²) in [6, 6.07) is 3.96. The zero-order chi connectivity index (χ0) is 16.9. The Morgan fingerprint density at radius 1 is 1.00 bits per heavy atom. The number of methoxy groups -OCH3 is 2. The molecule has 2 N–H and O–H groups in total. The lowest BCUT2D eigenvalue weighted by molar-refractivity contribution is 0.356. The van der Waals surface area contributed by atoms with Crippen molar-refractivity contribution in [2.75, 3.05) is 39.7 Å². The summed E-state index contributed by atoms with van der Waals surface area (Å²) < 4.78 is 10.7. The molecule has 1 aliphatic heterocycles. The first-order valence-corrected chi connectivity index (χ1v) is 8.74. The van der Waals surface area contributed by atoms with Crippen LogP contribution in [-0.2, 0) is 12.8 Å². The molecule has 1 aliphatic carbocycles. The molecule has 0 unspecified atom stereocenters. The van der Waals surface area contributed by atoms with Crippen LogP contribution in [-0.4, -0.2) is 39.3 Å². The molecule has 0 radical (unpaired) electrons. The van der Waals surface area contributed by atoms with Crippen LogP contribution in [0.15, 0.2) is 12.1 Å². The summed E-state index contributed by atoms with van der Waals surface area (Å²) in [5, 5.41) is 7.64. The topological polar surface area (TPSA) is 55.4 Å². The predicted octanol–water partition coefficient (Wildman–Crippen LogP) is 3.15. The molecule has 1 aromatic carbocycles. The van der Waals surface area contributed by atoms with Gasteiger partial charge in [-0.25, -0.2) is 0 Å². The van der Waals surface area contributed by atoms with Crippen molar-refractivity contribution in [3.63, 3.8) is 0 Å². The van der Waals surface area contributed by atoms with Gasteiger partial charge in [0.1, 0.15) is 0 Å². The Morgan fingerprint density at radius 3 is 2.29 bits per heavy atom. The molecule has 1 saturated heterocycles. The quantitative estimate of drug-likeness (QED) is 0.906. The van der Waals surface area contributed by atoms with Crippen LogP contribution in [0.1, 0.15) is 30.5 Å². The maximum atomic E-state index is 5.38. The lowest BCUT2D eigenvalue weighted by atomic mass is 10.1. The van der Waals surface area contributed by atoms with Crippen LogP contribution in [0.4, 0.5) is 5.69 Å². The Morgan fingerprint density at radius 2 is 1.71 bits per heavy atom. The third-order valence-corrected chi connectivity index (χ3v) is 4.72. The molecule has 2 heterocycles. The number of nitrogens with zero attached hydrogens (tertiary/aromatic N) is 1. The lowest BCUT2D eigenvalue weighted by Crippen LogP contribution is -2.03. The molecule has 0 spiro atoms. The minimum atomic E-state index is 0.725. The molecule has 4 rings (SSSR count). The van der Waals surface area contributed by atoms with E-state index in [1.54, 1.807) is 14.2 Å². The third kappa shape index (κ3) is 3.26. The summed E-state index contributed by atoms with van der Waals surface area (Å²) in [5.74, 6) is 1.47. The Bertz CT molecular complexity index is 704. The number of fused-ring (bicyclic) bond motifs is 2. The van der Waals surface area contributed by atoms with Gasteiger partial charge in [-0.3, -0.25) is 4.98 Å². The Labute approximate surface area is 143 Å². The zero-order valence-corrected chi connectivity index (χ0v) is 14.9. The van der Waals surface area contributed by atoms with Gasteiger partial charge in [0.05, 0.1) is 19.7 Å². The number of hydrogen-bond acceptors (Lipinski definition) is 5. The van der Waals surface area contributed by atoms with E-state index in [-0.39, 0.29) is 0 Å². The molecule has 2 aromatic rings. The number of pyridine rings is 1. The second kappa shape index (κ2) is 7.71. The van der Waals surface area contributed by atoms with Crippen LogP contribution >= 0.6 is 0 Å². The average molecular weight is 329 g/mol. The number of aromatic nitrogens is 1. The van der Waals surface area contributed by atoms with Gasteiger partial charge in [0.25, 0.3) is 0 Å². The smallest absolute Gasteiger partial charge is 0.162 e. The summed E-state index contributed by atoms with van der Waals surface area (Å²) >= 11 is 0. The fraction of sp³-hybridized carbons (Fsp3) is 0.526. The number of hydrogen-bond donors (Lipinski definition) is 2. The van der Waals surface area contributed by atoms with Gasteiger partial charge < -0.3 is 20.1 Å². The van der Waals surface area contributed by atoms with E-state index in [1.807, 2.05) is 19.2 Å². The van der Waals surface area contributed by atoms with Crippen LogP contribution in [0.3, 0.4) is 0 Å². The predicted molar refractivity (Wildman–Crippen MR) is 98.5 cm³/mol. The van der Waals surface area contributed by atoms with Crippen LogP contribution in [0, 0.1) is 0 Å². The maximum absolute atomic E-state index is 5.38. The maximum Gasteiger partial charge on any atom is 0.162 e. The summed E-state index contributed by atoms with van der Waals surface area (Å²) in [5.41, 5.74) is 4.70. The highest BCUT2D eigenvalue weighted by Gasteiger charge is 2.20. The van der Waals surface area contributed by atoms with E-state index in [9.17, 15) is 0 Å². The molecule has 2 aliphatic rings. The van der Waals surface area contributed by atoms with Crippen LogP contribution in [0.5, 0.6) is 11.5 Å². The van der Waals surface area contributed by atoms with Gasteiger partial charge in [0, 0.05) is 29.9 Å². The van der Waals surface area contributed by atoms with Crippen molar-refractivity contribution in [1.82, 2.24) is 10.3 Å². The number of nitrogens with one attached hydrogen (secondary N) is 2. The summed E-state index contributed by atoms with van der Waals surface area (Å²) in [4.78, 5) is 4.77. The standard InChI is InChI=1S/C15H18N2O2.C4H9N/c1-16-15-9-5-4-6-11(9)17-12-8-14(19-3)13(18-2)7-10(12)15;1-2-4-5-3-1/h7-8H,4-6H2,1-3H3,(H,16,17);5H,1-4H2. The highest BCUT2D eigenvalue weighted by Crippen LogP contribution is 2.39. The molecule has 130 valence electrons. The highest BCUT2D eigenvalue weighted by molar-refractivity contribution is 5.95. The molecule has 0 amide bonds. The van der Waals surface area contributed by atoms with E-state index < -0.39 is 0 Å². The van der Waals surface area contributed by atoms with Crippen LogP contribution in [0.25, 0.3) is 10.9 Å². The summed E-state index contributed by atoms with van der Waals surface area (Å²) in [6.45, 7) is 2.50. The van der Waals surface area contributed by atoms with Crippen LogP contribution in [0.2, 0.25) is 0 Å². The largest absolute Gasteiger partial charge is 0.493 e. The number of ether oxygens (including phenoxy) is 2. The zero-order valence-electron chi connectivity index (χ0n) is 14.9. The van der Waals surface area contributed by atoms with Crippen molar-refractivity contribution in [1.29, 1.82) is 0 Å². The monoisotopic (exact) mass is 329 g/mol. The molecule has 1 fully saturated rings. The van der Waals surface area contributed by atoms with Gasteiger partial charge in [0.15, 0.2) is 11.5 Å². The second-order valence-electron chi connectivity index (χ2n) is 6.20. The molecule has 24 heavy (non-hydrogen) atoms. The number of benzene rings is 1. The Balaban J connectivity index is 0.000000290. The molecule has 5 heteroatoms. The molecule has 1 aromatic heterocycles. The minimum absolute atomic E-state index is 0.725. The molecular formula is C19H27N3O2. The number of anilines is 1. The molecular weight excluding hydrogens is 302 g/mol. The third-order valence-electron chi connectivity index (χ3n) is 4.72. The van der Waals surface area contributed by atoms with E-state index in [1.165, 1.54) is 49.3 Å². The van der Waals surface area contributed by atoms with Gasteiger partial charge in [-0.1, -0.05) is 0 Å². The minimum Gasteiger partial charge on any atom is -0.493 e. The van der Waals surface area contributed by atoms with Gasteiger partial charge in [-0.2, -0.15) is 0 Å². The first kappa shape index (κ1) is 16.8. The van der Waals surface area contributed by atoms with Crippen molar-refractivity contribution in [3.05, 3.63) is 23.4 Å². The molecule has 0 saturated carbocycles. The van der Waals surface area contributed by atoms with E-state index in [4.69, 9.17) is 14.5 Å². The first-order valence-electron chi connectivity index (χ1n) is 8.74. The SMILES string of the molecule is C1CCNC1.CNc1c2c(nc3cc(OC)c(OC)cc13)CCC2. The summed E-state index contributed by atoms with van der Waals surface area (Å²) in [7, 11) is 5.27. The second-order valence-corrected chi connectivity index (χ2v) is 6.20. The van der Waals surface area contributed by atoms with E-state index in [0.29, 0.717) is 0 Å². The van der Waals surface area contributed by atoms with Crippen molar-refractivity contribution >= 4 is 16.6 Å². The lowest BCUT2D eigenvalue weighted by Gasteiger charge is -2.14. The Kier molecular flexibility index (Phi) is 5.41. The van der Waals surface area contributed by atoms with E-state index in [2.05, 4.69) is 10.6 Å². The highest BCUT2D eigenvalue weighted by atomic mass is 16.5. The van der Waals surface area contributed by atoms with Crippen molar-refractivity contribution < 1.29 is 9.47 Å². The Hall–Kier alpha value is -2.01. The van der Waals surface area contributed by atoms with E-state index >= 15 is 0 Å². The first-order chi connectivity index (χ1) is 11.8. The number of aryl methyl sites for hydroxylation is 1.